The topological polar surface area (TPSA) is 95.5 Å². The molecule has 0 aliphatic heterocycles. The molecule has 2 amide bonds. The van der Waals surface area contributed by atoms with Crippen LogP contribution >= 0.6 is 46.7 Å². The second-order valence-corrected chi connectivity index (χ2v) is 10.1. The van der Waals surface area contributed by atoms with E-state index in [0.717, 1.165) is 11.1 Å². The number of aromatic carboxylic acids is 1. The quantitative estimate of drug-likeness (QED) is 0.255. The molecular weight excluding hydrogens is 527 g/mol. The van der Waals surface area contributed by atoms with E-state index >= 15 is 0 Å². The number of carboxylic acids is 1. The van der Waals surface area contributed by atoms with Gasteiger partial charge in [0.05, 0.1) is 28.4 Å². The van der Waals surface area contributed by atoms with Crippen LogP contribution in [0.2, 0.25) is 10.0 Å². The number of carboxylic acid groups (broad SMARTS) is 1. The summed E-state index contributed by atoms with van der Waals surface area (Å²) < 4.78 is 0. The Morgan fingerprint density at radius 2 is 1.20 bits per heavy atom. The Morgan fingerprint density at radius 1 is 0.714 bits per heavy atom. The van der Waals surface area contributed by atoms with Gasteiger partial charge in [-0.3, -0.25) is 9.59 Å². The van der Waals surface area contributed by atoms with Crippen molar-refractivity contribution in [3.63, 3.8) is 0 Å². The molecule has 0 aliphatic rings. The van der Waals surface area contributed by atoms with Gasteiger partial charge in [-0.1, -0.05) is 59.6 Å². The number of benzene rings is 3. The molecule has 0 bridgehead atoms. The molecule has 0 spiro atoms. The molecule has 3 aromatic carbocycles. The molecule has 3 rings (SSSR count). The molecule has 3 aromatic rings. The van der Waals surface area contributed by atoms with Crippen molar-refractivity contribution in [2.24, 2.45) is 0 Å². The van der Waals surface area contributed by atoms with E-state index in [-0.39, 0.29) is 34.6 Å². The summed E-state index contributed by atoms with van der Waals surface area (Å²) >= 11 is 15.1. The molecule has 0 saturated carbocycles. The highest BCUT2D eigenvalue weighted by Gasteiger charge is 2.14. The number of hydrogen-bond acceptors (Lipinski definition) is 5. The van der Waals surface area contributed by atoms with E-state index in [1.165, 1.54) is 41.7 Å². The van der Waals surface area contributed by atoms with Crippen molar-refractivity contribution in [3.05, 3.63) is 93.5 Å². The average molecular weight is 550 g/mol. The van der Waals surface area contributed by atoms with Crippen LogP contribution in [0.1, 0.15) is 21.5 Å². The van der Waals surface area contributed by atoms with Gasteiger partial charge in [0.2, 0.25) is 11.8 Å². The summed E-state index contributed by atoms with van der Waals surface area (Å²) in [5.41, 5.74) is 2.39. The average Bonchev–Trinajstić information content (AvgIpc) is 2.82. The van der Waals surface area contributed by atoms with Crippen LogP contribution < -0.4 is 10.6 Å². The molecule has 10 heteroatoms. The second-order valence-electron chi connectivity index (χ2n) is 7.33. The maximum atomic E-state index is 12.5. The SMILES string of the molecule is O=C(CSCc1ccccc1Cl)Nc1ccc(C(=O)O)cc1NC(=O)CSCc1ccccc1Cl. The minimum Gasteiger partial charge on any atom is -0.478 e. The Bertz CT molecular complexity index is 1220. The van der Waals surface area contributed by atoms with Crippen molar-refractivity contribution < 1.29 is 19.5 Å². The number of thioether (sulfide) groups is 2. The van der Waals surface area contributed by atoms with E-state index in [2.05, 4.69) is 10.6 Å². The highest BCUT2D eigenvalue weighted by molar-refractivity contribution is 7.99. The smallest absolute Gasteiger partial charge is 0.335 e. The number of amides is 2. The maximum Gasteiger partial charge on any atom is 0.335 e. The van der Waals surface area contributed by atoms with Crippen LogP contribution in [0.3, 0.4) is 0 Å². The number of nitrogens with one attached hydrogen (secondary N) is 2. The lowest BCUT2D eigenvalue weighted by Crippen LogP contribution is -2.19. The summed E-state index contributed by atoms with van der Waals surface area (Å²) in [6.45, 7) is 0. The van der Waals surface area contributed by atoms with Gasteiger partial charge >= 0.3 is 5.97 Å². The van der Waals surface area contributed by atoms with Crippen LogP contribution in [-0.4, -0.2) is 34.4 Å². The van der Waals surface area contributed by atoms with Crippen LogP contribution in [0.25, 0.3) is 0 Å². The minimum atomic E-state index is -1.14. The van der Waals surface area contributed by atoms with E-state index < -0.39 is 5.97 Å². The van der Waals surface area contributed by atoms with Crippen molar-refractivity contribution in [2.75, 3.05) is 22.1 Å². The molecule has 0 fully saturated rings. The highest BCUT2D eigenvalue weighted by Crippen LogP contribution is 2.26. The third-order valence-corrected chi connectivity index (χ3v) is 7.41. The normalized spacial score (nSPS) is 10.6. The van der Waals surface area contributed by atoms with Gasteiger partial charge in [-0.15, -0.1) is 23.5 Å². The van der Waals surface area contributed by atoms with Crippen LogP contribution in [-0.2, 0) is 21.1 Å². The van der Waals surface area contributed by atoms with Crippen molar-refractivity contribution in [2.45, 2.75) is 11.5 Å². The Hall–Kier alpha value is -2.65. The van der Waals surface area contributed by atoms with E-state index in [4.69, 9.17) is 23.2 Å². The number of halogens is 2. The molecule has 6 nitrogen and oxygen atoms in total. The zero-order chi connectivity index (χ0) is 25.2. The number of anilines is 2. The number of hydrogen-bond donors (Lipinski definition) is 3. The first-order valence-corrected chi connectivity index (χ1v) is 13.5. The fourth-order valence-electron chi connectivity index (χ4n) is 3.00. The lowest BCUT2D eigenvalue weighted by molar-refractivity contribution is -0.114. The van der Waals surface area contributed by atoms with Gasteiger partial charge in [-0.05, 0) is 41.5 Å². The summed E-state index contributed by atoms with van der Waals surface area (Å²) in [6.07, 6.45) is 0. The summed E-state index contributed by atoms with van der Waals surface area (Å²) in [4.78, 5) is 36.4. The standard InChI is InChI=1S/C25H22Cl2N2O4S2/c26-19-7-3-1-5-17(19)12-34-14-23(30)28-21-10-9-16(25(32)33)11-22(21)29-24(31)15-35-13-18-6-2-4-8-20(18)27/h1-11H,12-15H2,(H,28,30)(H,29,31)(H,32,33). The summed E-state index contributed by atoms with van der Waals surface area (Å²) in [5, 5.41) is 16.1. The molecule has 0 unspecified atom stereocenters. The van der Waals surface area contributed by atoms with Crippen LogP contribution in [0, 0.1) is 0 Å². The molecule has 182 valence electrons. The Balaban J connectivity index is 1.58. The second kappa shape index (κ2) is 13.4. The van der Waals surface area contributed by atoms with Gasteiger partial charge in [-0.2, -0.15) is 0 Å². The zero-order valence-corrected chi connectivity index (χ0v) is 21.6. The molecule has 3 N–H and O–H groups in total. The molecule has 35 heavy (non-hydrogen) atoms. The highest BCUT2D eigenvalue weighted by atomic mass is 35.5. The molecule has 0 heterocycles. The van der Waals surface area contributed by atoms with Crippen molar-refractivity contribution >= 4 is 75.9 Å². The third kappa shape index (κ3) is 8.50. The lowest BCUT2D eigenvalue weighted by Gasteiger charge is -2.13. The van der Waals surface area contributed by atoms with Gasteiger partial charge in [0.25, 0.3) is 0 Å². The Morgan fingerprint density at radius 3 is 1.69 bits per heavy atom. The van der Waals surface area contributed by atoms with E-state index in [9.17, 15) is 19.5 Å². The zero-order valence-electron chi connectivity index (χ0n) is 18.4. The fraction of sp³-hybridized carbons (Fsp3) is 0.160. The van der Waals surface area contributed by atoms with E-state index in [0.29, 0.717) is 27.2 Å². The molecular formula is C25H22Cl2N2O4S2. The molecule has 0 atom stereocenters. The number of rotatable bonds is 11. The Kier molecular flexibility index (Phi) is 10.3. The molecule has 0 aromatic heterocycles. The lowest BCUT2D eigenvalue weighted by atomic mass is 10.1. The first kappa shape index (κ1) is 26.9. The van der Waals surface area contributed by atoms with Gasteiger partial charge in [-0.25, -0.2) is 4.79 Å². The molecule has 0 saturated heterocycles. The first-order valence-electron chi connectivity index (χ1n) is 10.4. The van der Waals surface area contributed by atoms with Crippen molar-refractivity contribution in [3.8, 4) is 0 Å². The minimum absolute atomic E-state index is 0.00452. The van der Waals surface area contributed by atoms with Gasteiger partial charge in [0.15, 0.2) is 0 Å². The number of carbonyl (C=O) groups excluding carboxylic acids is 2. The predicted octanol–water partition coefficient (Wildman–Crippen LogP) is 6.44. The van der Waals surface area contributed by atoms with Crippen molar-refractivity contribution in [1.82, 2.24) is 0 Å². The first-order chi connectivity index (χ1) is 16.8. The van der Waals surface area contributed by atoms with Crippen LogP contribution in [0.5, 0.6) is 0 Å². The van der Waals surface area contributed by atoms with Gasteiger partial charge in [0.1, 0.15) is 0 Å². The summed E-state index contributed by atoms with van der Waals surface area (Å²) in [7, 11) is 0. The molecule has 0 radical (unpaired) electrons. The molecule has 0 aliphatic carbocycles. The van der Waals surface area contributed by atoms with Gasteiger partial charge in [0, 0.05) is 21.6 Å². The maximum absolute atomic E-state index is 12.5. The predicted molar refractivity (Wildman–Crippen MR) is 146 cm³/mol. The van der Waals surface area contributed by atoms with Gasteiger partial charge < -0.3 is 15.7 Å². The summed E-state index contributed by atoms with van der Waals surface area (Å²) in [5.74, 6) is -0.341. The third-order valence-electron chi connectivity index (χ3n) is 4.71. The van der Waals surface area contributed by atoms with Crippen molar-refractivity contribution in [1.29, 1.82) is 0 Å². The fourth-order valence-corrected chi connectivity index (χ4v) is 5.23. The van der Waals surface area contributed by atoms with Crippen LogP contribution in [0.4, 0.5) is 11.4 Å². The Labute approximate surface area is 221 Å². The monoisotopic (exact) mass is 548 g/mol. The number of carbonyl (C=O) groups is 3. The largest absolute Gasteiger partial charge is 0.478 e. The van der Waals surface area contributed by atoms with E-state index in [1.54, 1.807) is 12.1 Å². The van der Waals surface area contributed by atoms with E-state index in [1.807, 2.05) is 36.4 Å². The van der Waals surface area contributed by atoms with Crippen LogP contribution in [0.15, 0.2) is 66.7 Å². The summed E-state index contributed by atoms with van der Waals surface area (Å²) in [6, 6.07) is 19.0.